The molecule has 2 heteroatoms. The second kappa shape index (κ2) is 9.00. The van der Waals surface area contributed by atoms with Crippen LogP contribution in [0.5, 0.6) is 0 Å². The summed E-state index contributed by atoms with van der Waals surface area (Å²) in [6.45, 7) is 12.3. The highest BCUT2D eigenvalue weighted by Crippen LogP contribution is 2.22. The van der Waals surface area contributed by atoms with Gasteiger partial charge in [0.05, 0.1) is 0 Å². The predicted octanol–water partition coefficient (Wildman–Crippen LogP) is 3.17. The van der Waals surface area contributed by atoms with E-state index in [2.05, 4.69) is 33.0 Å². The average molecular weight is 228 g/mol. The third kappa shape index (κ3) is 9.17. The minimum absolute atomic E-state index is 0.446. The lowest BCUT2D eigenvalue weighted by Crippen LogP contribution is -2.31. The number of hydrogen-bond acceptors (Lipinski definition) is 2. The molecule has 0 radical (unpaired) electrons. The van der Waals surface area contributed by atoms with E-state index in [1.807, 2.05) is 0 Å². The molecule has 0 aliphatic carbocycles. The number of nitrogens with one attached hydrogen (secondary N) is 1. The Morgan fingerprint density at radius 2 is 1.94 bits per heavy atom. The highest BCUT2D eigenvalue weighted by atomic mass is 14.9. The first-order chi connectivity index (χ1) is 7.52. The van der Waals surface area contributed by atoms with Gasteiger partial charge in [-0.05, 0) is 37.3 Å². The second-order valence-corrected chi connectivity index (χ2v) is 5.93. The van der Waals surface area contributed by atoms with Crippen molar-refractivity contribution in [3.05, 3.63) is 0 Å². The lowest BCUT2D eigenvalue weighted by atomic mass is 9.87. The molecule has 3 N–H and O–H groups in total. The van der Waals surface area contributed by atoms with Gasteiger partial charge in [0.15, 0.2) is 0 Å². The van der Waals surface area contributed by atoms with E-state index in [-0.39, 0.29) is 0 Å². The standard InChI is InChI=1S/C14H32N2/c1-5-6-7-9-14(3,4)12-16-10-8-13(2)11-15/h13,16H,5-12,15H2,1-4H3. The average Bonchev–Trinajstić information content (AvgIpc) is 2.24. The quantitative estimate of drug-likeness (QED) is 0.564. The highest BCUT2D eigenvalue weighted by Gasteiger charge is 2.16. The Labute approximate surface area is 102 Å². The first-order valence-electron chi connectivity index (χ1n) is 6.92. The van der Waals surface area contributed by atoms with Crippen molar-refractivity contribution in [2.24, 2.45) is 17.1 Å². The summed E-state index contributed by atoms with van der Waals surface area (Å²) in [6, 6.07) is 0. The van der Waals surface area contributed by atoms with Gasteiger partial charge < -0.3 is 11.1 Å². The molecule has 0 saturated heterocycles. The molecule has 0 aromatic carbocycles. The molecule has 0 heterocycles. The van der Waals surface area contributed by atoms with E-state index in [4.69, 9.17) is 5.73 Å². The van der Waals surface area contributed by atoms with E-state index in [0.717, 1.165) is 19.6 Å². The normalized spacial score (nSPS) is 14.1. The third-order valence-electron chi connectivity index (χ3n) is 3.28. The predicted molar refractivity (Wildman–Crippen MR) is 73.6 cm³/mol. The zero-order valence-corrected chi connectivity index (χ0v) is 11.8. The van der Waals surface area contributed by atoms with Gasteiger partial charge in [-0.15, -0.1) is 0 Å². The molecule has 1 atom stereocenters. The van der Waals surface area contributed by atoms with E-state index in [1.54, 1.807) is 0 Å². The number of unbranched alkanes of at least 4 members (excludes halogenated alkanes) is 2. The summed E-state index contributed by atoms with van der Waals surface area (Å²) in [5.41, 5.74) is 6.04. The molecule has 16 heavy (non-hydrogen) atoms. The van der Waals surface area contributed by atoms with E-state index in [0.29, 0.717) is 11.3 Å². The van der Waals surface area contributed by atoms with Gasteiger partial charge in [0.25, 0.3) is 0 Å². The van der Waals surface area contributed by atoms with Gasteiger partial charge in [-0.1, -0.05) is 47.0 Å². The van der Waals surface area contributed by atoms with E-state index >= 15 is 0 Å². The third-order valence-corrected chi connectivity index (χ3v) is 3.28. The first kappa shape index (κ1) is 15.9. The van der Waals surface area contributed by atoms with Crippen molar-refractivity contribution < 1.29 is 0 Å². The molecule has 0 rings (SSSR count). The molecule has 0 aliphatic rings. The Morgan fingerprint density at radius 3 is 2.50 bits per heavy atom. The molecular weight excluding hydrogens is 196 g/mol. The largest absolute Gasteiger partial charge is 0.330 e. The van der Waals surface area contributed by atoms with Crippen molar-refractivity contribution in [2.45, 2.75) is 59.8 Å². The summed E-state index contributed by atoms with van der Waals surface area (Å²) < 4.78 is 0. The van der Waals surface area contributed by atoms with Crippen LogP contribution in [0.15, 0.2) is 0 Å². The van der Waals surface area contributed by atoms with Crippen LogP contribution in [0.3, 0.4) is 0 Å². The van der Waals surface area contributed by atoms with Crippen LogP contribution < -0.4 is 11.1 Å². The van der Waals surface area contributed by atoms with Crippen LogP contribution in [-0.4, -0.2) is 19.6 Å². The molecule has 0 aromatic heterocycles. The van der Waals surface area contributed by atoms with Crippen molar-refractivity contribution in [3.8, 4) is 0 Å². The van der Waals surface area contributed by atoms with Crippen LogP contribution in [0.4, 0.5) is 0 Å². The summed E-state index contributed by atoms with van der Waals surface area (Å²) in [4.78, 5) is 0. The lowest BCUT2D eigenvalue weighted by Gasteiger charge is -2.25. The van der Waals surface area contributed by atoms with Gasteiger partial charge in [-0.3, -0.25) is 0 Å². The fraction of sp³-hybridized carbons (Fsp3) is 1.00. The number of rotatable bonds is 10. The fourth-order valence-electron chi connectivity index (χ4n) is 1.84. The summed E-state index contributed by atoms with van der Waals surface area (Å²) in [5.74, 6) is 0.649. The van der Waals surface area contributed by atoms with Crippen LogP contribution in [0.2, 0.25) is 0 Å². The molecule has 0 fully saturated rings. The second-order valence-electron chi connectivity index (χ2n) is 5.93. The van der Waals surface area contributed by atoms with Crippen LogP contribution in [0, 0.1) is 11.3 Å². The molecule has 0 bridgehead atoms. The molecular formula is C14H32N2. The topological polar surface area (TPSA) is 38.0 Å². The molecule has 1 unspecified atom stereocenters. The fourth-order valence-corrected chi connectivity index (χ4v) is 1.84. The SMILES string of the molecule is CCCCCC(C)(C)CNCCC(C)CN. The van der Waals surface area contributed by atoms with Gasteiger partial charge >= 0.3 is 0 Å². The van der Waals surface area contributed by atoms with Gasteiger partial charge in [0.1, 0.15) is 0 Å². The molecule has 2 nitrogen and oxygen atoms in total. The Kier molecular flexibility index (Phi) is 8.96. The summed E-state index contributed by atoms with van der Waals surface area (Å²) in [6.07, 6.45) is 6.58. The zero-order valence-electron chi connectivity index (χ0n) is 11.8. The smallest absolute Gasteiger partial charge is 0.000252 e. The van der Waals surface area contributed by atoms with Gasteiger partial charge in [-0.25, -0.2) is 0 Å². The molecule has 0 spiro atoms. The molecule has 98 valence electrons. The summed E-state index contributed by atoms with van der Waals surface area (Å²) >= 11 is 0. The molecule has 0 aliphatic heterocycles. The lowest BCUT2D eigenvalue weighted by molar-refractivity contribution is 0.299. The Morgan fingerprint density at radius 1 is 1.25 bits per heavy atom. The van der Waals surface area contributed by atoms with Gasteiger partial charge in [-0.2, -0.15) is 0 Å². The Bertz CT molecular complexity index is 155. The van der Waals surface area contributed by atoms with Crippen LogP contribution >= 0.6 is 0 Å². The molecule has 0 saturated carbocycles. The Hall–Kier alpha value is -0.0800. The first-order valence-corrected chi connectivity index (χ1v) is 6.92. The monoisotopic (exact) mass is 228 g/mol. The maximum Gasteiger partial charge on any atom is 0.000252 e. The van der Waals surface area contributed by atoms with E-state index < -0.39 is 0 Å². The van der Waals surface area contributed by atoms with Gasteiger partial charge in [0, 0.05) is 6.54 Å². The summed E-state index contributed by atoms with van der Waals surface area (Å²) in [7, 11) is 0. The van der Waals surface area contributed by atoms with Crippen molar-refractivity contribution in [1.29, 1.82) is 0 Å². The van der Waals surface area contributed by atoms with Crippen molar-refractivity contribution in [1.82, 2.24) is 5.32 Å². The number of nitrogens with two attached hydrogens (primary N) is 1. The van der Waals surface area contributed by atoms with Crippen molar-refractivity contribution >= 4 is 0 Å². The van der Waals surface area contributed by atoms with Crippen LogP contribution in [-0.2, 0) is 0 Å². The minimum atomic E-state index is 0.446. The maximum absolute atomic E-state index is 5.59. The van der Waals surface area contributed by atoms with Crippen molar-refractivity contribution in [2.75, 3.05) is 19.6 Å². The maximum atomic E-state index is 5.59. The molecule has 0 amide bonds. The van der Waals surface area contributed by atoms with E-state index in [1.165, 1.54) is 32.1 Å². The Balaban J connectivity index is 3.49. The van der Waals surface area contributed by atoms with E-state index in [9.17, 15) is 0 Å². The molecule has 0 aromatic rings. The summed E-state index contributed by atoms with van der Waals surface area (Å²) in [5, 5.41) is 3.56. The van der Waals surface area contributed by atoms with Crippen LogP contribution in [0.25, 0.3) is 0 Å². The highest BCUT2D eigenvalue weighted by molar-refractivity contribution is 4.71. The van der Waals surface area contributed by atoms with Crippen molar-refractivity contribution in [3.63, 3.8) is 0 Å². The van der Waals surface area contributed by atoms with Crippen LogP contribution in [0.1, 0.15) is 59.8 Å². The number of hydrogen-bond donors (Lipinski definition) is 2. The van der Waals surface area contributed by atoms with Gasteiger partial charge in [0.2, 0.25) is 0 Å². The zero-order chi connectivity index (χ0) is 12.4. The minimum Gasteiger partial charge on any atom is -0.330 e.